The van der Waals surface area contributed by atoms with Gasteiger partial charge in [0.15, 0.2) is 5.78 Å². The monoisotopic (exact) mass is 239 g/mol. The fourth-order valence-electron chi connectivity index (χ4n) is 1.48. The molecule has 5 nitrogen and oxygen atoms in total. The number of methoxy groups -OCH3 is 1. The summed E-state index contributed by atoms with van der Waals surface area (Å²) in [5, 5.41) is 20.7. The number of aliphatic hydroxyl groups is 2. The lowest BCUT2D eigenvalue weighted by molar-refractivity contribution is -0.172. The van der Waals surface area contributed by atoms with Gasteiger partial charge in [0.1, 0.15) is 5.75 Å². The number of Topliss-reactive ketones (excluding diaryl/α,β-unsaturated/α-hetero) is 1. The van der Waals surface area contributed by atoms with Crippen molar-refractivity contribution in [2.45, 2.75) is 25.8 Å². The highest BCUT2D eigenvalue weighted by molar-refractivity contribution is 5.99. The van der Waals surface area contributed by atoms with Crippen LogP contribution in [0.4, 0.5) is 0 Å². The number of rotatable bonds is 5. The summed E-state index contributed by atoms with van der Waals surface area (Å²) in [5.74, 6) is -1.63. The second-order valence-corrected chi connectivity index (χ2v) is 3.98. The van der Waals surface area contributed by atoms with E-state index in [1.807, 2.05) is 0 Å². The Hall–Kier alpha value is -1.43. The van der Waals surface area contributed by atoms with Crippen LogP contribution >= 0.6 is 0 Å². The van der Waals surface area contributed by atoms with E-state index in [-0.39, 0.29) is 5.78 Å². The van der Waals surface area contributed by atoms with E-state index in [4.69, 9.17) is 14.9 Å². The molecule has 0 aliphatic heterocycles. The molecular weight excluding hydrogens is 222 g/mol. The first kappa shape index (κ1) is 13.6. The molecule has 1 unspecified atom stereocenters. The van der Waals surface area contributed by atoms with E-state index >= 15 is 0 Å². The third kappa shape index (κ3) is 4.14. The minimum absolute atomic E-state index is 0.220. The maximum absolute atomic E-state index is 11.9. The van der Waals surface area contributed by atoms with E-state index in [0.717, 1.165) is 6.92 Å². The molecule has 1 aromatic rings. The van der Waals surface area contributed by atoms with Crippen LogP contribution < -0.4 is 10.1 Å². The Morgan fingerprint density at radius 1 is 1.35 bits per heavy atom. The molecule has 1 aromatic carbocycles. The maximum Gasteiger partial charge on any atom is 0.219 e. The van der Waals surface area contributed by atoms with Gasteiger partial charge < -0.3 is 14.9 Å². The predicted molar refractivity (Wildman–Crippen MR) is 62.8 cm³/mol. The highest BCUT2D eigenvalue weighted by Crippen LogP contribution is 2.13. The second-order valence-electron chi connectivity index (χ2n) is 3.98. The summed E-state index contributed by atoms with van der Waals surface area (Å²) in [4.78, 5) is 11.9. The Labute approximate surface area is 100 Å². The van der Waals surface area contributed by atoms with Crippen LogP contribution in [0.15, 0.2) is 24.3 Å². The van der Waals surface area contributed by atoms with Crippen molar-refractivity contribution in [3.8, 4) is 5.75 Å². The smallest absolute Gasteiger partial charge is 0.219 e. The molecule has 3 N–H and O–H groups in total. The van der Waals surface area contributed by atoms with Gasteiger partial charge in [-0.3, -0.25) is 10.1 Å². The summed E-state index contributed by atoms with van der Waals surface area (Å²) < 4.78 is 4.98. The summed E-state index contributed by atoms with van der Waals surface area (Å²) in [5.41, 5.74) is 0.482. The second kappa shape index (κ2) is 5.27. The summed E-state index contributed by atoms with van der Waals surface area (Å²) in [6, 6.07) is 5.92. The van der Waals surface area contributed by atoms with Crippen molar-refractivity contribution in [1.82, 2.24) is 5.32 Å². The molecule has 0 heterocycles. The number of nitrogens with one attached hydrogen (secondary N) is 1. The van der Waals surface area contributed by atoms with E-state index in [2.05, 4.69) is 5.32 Å². The number of ketones is 1. The first-order valence-electron chi connectivity index (χ1n) is 5.24. The lowest BCUT2D eigenvalue weighted by Gasteiger charge is -2.22. The van der Waals surface area contributed by atoms with Gasteiger partial charge >= 0.3 is 0 Å². The number of carbonyl (C=O) groups is 1. The molecule has 0 aliphatic rings. The van der Waals surface area contributed by atoms with Gasteiger partial charge in [-0.1, -0.05) is 0 Å². The normalized spacial score (nSPS) is 13.2. The standard InChI is InChI=1S/C12H17NO4/c1-8(13-12(2,15)16)11(14)9-4-6-10(17-3)7-5-9/h4-8,13,15-16H,1-3H3. The molecule has 0 aliphatic carbocycles. The number of carbonyl (C=O) groups excluding carboxylic acids is 1. The number of hydrogen-bond donors (Lipinski definition) is 3. The van der Waals surface area contributed by atoms with E-state index in [1.165, 1.54) is 0 Å². The highest BCUT2D eigenvalue weighted by atomic mass is 16.5. The fourth-order valence-corrected chi connectivity index (χ4v) is 1.48. The lowest BCUT2D eigenvalue weighted by atomic mass is 10.1. The van der Waals surface area contributed by atoms with Gasteiger partial charge in [-0.2, -0.15) is 0 Å². The van der Waals surface area contributed by atoms with Crippen LogP contribution in [-0.2, 0) is 0 Å². The van der Waals surface area contributed by atoms with Crippen molar-refractivity contribution in [1.29, 1.82) is 0 Å². The number of benzene rings is 1. The van der Waals surface area contributed by atoms with Crippen LogP contribution in [0, 0.1) is 0 Å². The molecule has 1 atom stereocenters. The molecule has 0 saturated heterocycles. The molecule has 0 aromatic heterocycles. The summed E-state index contributed by atoms with van der Waals surface area (Å²) in [6.45, 7) is 2.72. The van der Waals surface area contributed by atoms with Gasteiger partial charge in [-0.15, -0.1) is 0 Å². The average molecular weight is 239 g/mol. The number of ether oxygens (including phenoxy) is 1. The first-order valence-corrected chi connectivity index (χ1v) is 5.24. The topological polar surface area (TPSA) is 78.8 Å². The van der Waals surface area contributed by atoms with Gasteiger partial charge in [-0.25, -0.2) is 0 Å². The fraction of sp³-hybridized carbons (Fsp3) is 0.417. The Morgan fingerprint density at radius 3 is 2.29 bits per heavy atom. The summed E-state index contributed by atoms with van der Waals surface area (Å²) in [6.07, 6.45) is 0. The molecule has 5 heteroatoms. The third-order valence-electron chi connectivity index (χ3n) is 2.26. The third-order valence-corrected chi connectivity index (χ3v) is 2.26. The molecule has 17 heavy (non-hydrogen) atoms. The minimum atomic E-state index is -2.07. The van der Waals surface area contributed by atoms with Crippen LogP contribution in [-0.4, -0.2) is 35.1 Å². The van der Waals surface area contributed by atoms with Gasteiger partial charge in [0.05, 0.1) is 13.2 Å². The zero-order chi connectivity index (χ0) is 13.1. The van der Waals surface area contributed by atoms with Gasteiger partial charge in [0.25, 0.3) is 0 Å². The summed E-state index contributed by atoms with van der Waals surface area (Å²) in [7, 11) is 1.55. The molecule has 0 amide bonds. The van der Waals surface area contributed by atoms with Crippen molar-refractivity contribution >= 4 is 5.78 Å². The van der Waals surface area contributed by atoms with E-state index in [0.29, 0.717) is 11.3 Å². The Balaban J connectivity index is 2.75. The number of hydrogen-bond acceptors (Lipinski definition) is 5. The highest BCUT2D eigenvalue weighted by Gasteiger charge is 2.23. The zero-order valence-electron chi connectivity index (χ0n) is 10.1. The maximum atomic E-state index is 11.9. The van der Waals surface area contributed by atoms with Crippen LogP contribution in [0.1, 0.15) is 24.2 Å². The van der Waals surface area contributed by atoms with Gasteiger partial charge in [0.2, 0.25) is 5.91 Å². The Kier molecular flexibility index (Phi) is 4.22. The lowest BCUT2D eigenvalue weighted by Crippen LogP contribution is -2.49. The molecule has 1 rings (SSSR count). The molecular formula is C12H17NO4. The molecule has 0 fully saturated rings. The molecule has 94 valence electrons. The van der Waals surface area contributed by atoms with Crippen molar-refractivity contribution in [3.63, 3.8) is 0 Å². The average Bonchev–Trinajstić information content (AvgIpc) is 2.26. The molecule has 0 radical (unpaired) electrons. The predicted octanol–water partition coefficient (Wildman–Crippen LogP) is 0.514. The summed E-state index contributed by atoms with van der Waals surface area (Å²) >= 11 is 0. The van der Waals surface area contributed by atoms with Crippen molar-refractivity contribution in [2.75, 3.05) is 7.11 Å². The van der Waals surface area contributed by atoms with Crippen LogP contribution in [0.5, 0.6) is 5.75 Å². The van der Waals surface area contributed by atoms with Gasteiger partial charge in [-0.05, 0) is 31.2 Å². The van der Waals surface area contributed by atoms with Crippen molar-refractivity contribution in [3.05, 3.63) is 29.8 Å². The van der Waals surface area contributed by atoms with E-state index in [9.17, 15) is 4.79 Å². The molecule has 0 bridgehead atoms. The van der Waals surface area contributed by atoms with Crippen LogP contribution in [0.25, 0.3) is 0 Å². The Morgan fingerprint density at radius 2 is 1.88 bits per heavy atom. The van der Waals surface area contributed by atoms with E-state index in [1.54, 1.807) is 38.3 Å². The van der Waals surface area contributed by atoms with Crippen molar-refractivity contribution in [2.24, 2.45) is 0 Å². The van der Waals surface area contributed by atoms with Crippen LogP contribution in [0.2, 0.25) is 0 Å². The van der Waals surface area contributed by atoms with Gasteiger partial charge in [0, 0.05) is 12.5 Å². The largest absolute Gasteiger partial charge is 0.497 e. The van der Waals surface area contributed by atoms with Crippen LogP contribution in [0.3, 0.4) is 0 Å². The Bertz CT molecular complexity index is 380. The minimum Gasteiger partial charge on any atom is -0.497 e. The van der Waals surface area contributed by atoms with Crippen molar-refractivity contribution < 1.29 is 19.7 Å². The quantitative estimate of drug-likeness (QED) is 0.515. The zero-order valence-corrected chi connectivity index (χ0v) is 10.1. The molecule has 0 spiro atoms. The SMILES string of the molecule is COc1ccc(C(=O)C(C)NC(C)(O)O)cc1. The molecule has 0 saturated carbocycles. The van der Waals surface area contributed by atoms with E-state index < -0.39 is 12.0 Å². The first-order chi connectivity index (χ1) is 7.83.